The molecule has 0 aliphatic heterocycles. The van der Waals surface area contributed by atoms with Crippen LogP contribution in [0.2, 0.25) is 0 Å². The molecular formula is C25H26N2O5. The molecule has 0 saturated heterocycles. The lowest BCUT2D eigenvalue weighted by Crippen LogP contribution is -2.21. The largest absolute Gasteiger partial charge is 0.494 e. The van der Waals surface area contributed by atoms with Crippen LogP contribution < -0.4 is 24.8 Å². The van der Waals surface area contributed by atoms with Crippen LogP contribution in [0.25, 0.3) is 0 Å². The summed E-state index contributed by atoms with van der Waals surface area (Å²) in [4.78, 5) is 25.0. The first-order valence-corrected chi connectivity index (χ1v) is 10.0. The number of benzene rings is 3. The first kappa shape index (κ1) is 22.7. The zero-order valence-electron chi connectivity index (χ0n) is 18.5. The molecule has 0 radical (unpaired) electrons. The van der Waals surface area contributed by atoms with Crippen LogP contribution in [0, 0.1) is 13.8 Å². The lowest BCUT2D eigenvalue weighted by atomic mass is 10.1. The Morgan fingerprint density at radius 3 is 2.00 bits per heavy atom. The predicted octanol–water partition coefficient (Wildman–Crippen LogP) is 4.59. The van der Waals surface area contributed by atoms with Gasteiger partial charge in [0, 0.05) is 17.7 Å². The highest BCUT2D eigenvalue weighted by Gasteiger charge is 2.16. The van der Waals surface area contributed by atoms with Crippen LogP contribution in [0.5, 0.6) is 17.2 Å². The maximum atomic E-state index is 12.5. The van der Waals surface area contributed by atoms with Crippen molar-refractivity contribution in [2.45, 2.75) is 13.8 Å². The van der Waals surface area contributed by atoms with E-state index in [0.29, 0.717) is 34.2 Å². The van der Waals surface area contributed by atoms with Gasteiger partial charge in [0.2, 0.25) is 0 Å². The van der Waals surface area contributed by atoms with Gasteiger partial charge in [-0.25, -0.2) is 0 Å². The molecule has 32 heavy (non-hydrogen) atoms. The molecular weight excluding hydrogens is 408 g/mol. The predicted molar refractivity (Wildman–Crippen MR) is 124 cm³/mol. The quantitative estimate of drug-likeness (QED) is 0.542. The molecule has 3 aromatic carbocycles. The Balaban J connectivity index is 1.73. The third-order valence-electron chi connectivity index (χ3n) is 4.77. The van der Waals surface area contributed by atoms with E-state index in [1.165, 1.54) is 14.2 Å². The Hall–Kier alpha value is -4.00. The minimum absolute atomic E-state index is 0.165. The maximum absolute atomic E-state index is 12.5. The molecule has 7 heteroatoms. The van der Waals surface area contributed by atoms with Gasteiger partial charge in [-0.2, -0.15) is 0 Å². The molecule has 7 nitrogen and oxygen atoms in total. The second-order valence-electron chi connectivity index (χ2n) is 7.18. The number of nitrogens with one attached hydrogen (secondary N) is 2. The van der Waals surface area contributed by atoms with Crippen molar-refractivity contribution in [3.05, 3.63) is 77.4 Å². The van der Waals surface area contributed by atoms with Crippen molar-refractivity contribution >= 4 is 23.2 Å². The van der Waals surface area contributed by atoms with E-state index in [-0.39, 0.29) is 18.4 Å². The third kappa shape index (κ3) is 5.57. The van der Waals surface area contributed by atoms with Crippen LogP contribution in [0.4, 0.5) is 11.4 Å². The van der Waals surface area contributed by atoms with E-state index in [0.717, 1.165) is 11.1 Å². The molecule has 0 bridgehead atoms. The van der Waals surface area contributed by atoms with E-state index in [4.69, 9.17) is 14.2 Å². The summed E-state index contributed by atoms with van der Waals surface area (Å²) in [7, 11) is 2.96. The number of amides is 2. The van der Waals surface area contributed by atoms with E-state index in [1.807, 2.05) is 38.1 Å². The number of aryl methyl sites for hydroxylation is 2. The first-order chi connectivity index (χ1) is 15.4. The van der Waals surface area contributed by atoms with Crippen LogP contribution in [0.15, 0.2) is 60.7 Å². The topological polar surface area (TPSA) is 85.9 Å². The second kappa shape index (κ2) is 10.3. The molecule has 0 unspecified atom stereocenters. The summed E-state index contributed by atoms with van der Waals surface area (Å²) in [5.41, 5.74) is 3.40. The SMILES string of the molecule is COc1cc(NC(=O)c2ccccc2)c(OC)cc1NC(=O)COc1ccc(C)cc1C. The average molecular weight is 434 g/mol. The molecule has 0 aliphatic carbocycles. The molecule has 0 fully saturated rings. The maximum Gasteiger partial charge on any atom is 0.262 e. The van der Waals surface area contributed by atoms with Crippen molar-refractivity contribution < 1.29 is 23.8 Å². The summed E-state index contributed by atoms with van der Waals surface area (Å²) in [6, 6.07) is 17.8. The number of hydrogen-bond acceptors (Lipinski definition) is 5. The van der Waals surface area contributed by atoms with Gasteiger partial charge in [-0.3, -0.25) is 9.59 Å². The van der Waals surface area contributed by atoms with Gasteiger partial charge < -0.3 is 24.8 Å². The zero-order valence-corrected chi connectivity index (χ0v) is 18.5. The number of hydrogen-bond donors (Lipinski definition) is 2. The zero-order chi connectivity index (χ0) is 23.1. The van der Waals surface area contributed by atoms with Crippen LogP contribution in [-0.2, 0) is 4.79 Å². The number of carbonyl (C=O) groups is 2. The number of methoxy groups -OCH3 is 2. The summed E-state index contributed by atoms with van der Waals surface area (Å²) in [5.74, 6) is 0.750. The lowest BCUT2D eigenvalue weighted by Gasteiger charge is -2.16. The summed E-state index contributed by atoms with van der Waals surface area (Å²) < 4.78 is 16.5. The van der Waals surface area contributed by atoms with Crippen molar-refractivity contribution in [1.82, 2.24) is 0 Å². The van der Waals surface area contributed by atoms with E-state index in [2.05, 4.69) is 10.6 Å². The second-order valence-corrected chi connectivity index (χ2v) is 7.18. The molecule has 0 heterocycles. The molecule has 2 N–H and O–H groups in total. The highest BCUT2D eigenvalue weighted by atomic mass is 16.5. The fourth-order valence-electron chi connectivity index (χ4n) is 3.17. The average Bonchev–Trinajstić information content (AvgIpc) is 2.79. The standard InChI is InChI=1S/C25H26N2O5/c1-16-10-11-21(17(2)12-16)32-15-24(28)26-19-13-23(31-4)20(14-22(19)30-3)27-25(29)18-8-6-5-7-9-18/h5-14H,15H2,1-4H3,(H,26,28)(H,27,29). The van der Waals surface area contributed by atoms with Crippen molar-refractivity contribution in [3.8, 4) is 17.2 Å². The van der Waals surface area contributed by atoms with Crippen LogP contribution in [-0.4, -0.2) is 32.6 Å². The molecule has 0 spiro atoms. The van der Waals surface area contributed by atoms with E-state index < -0.39 is 0 Å². The Morgan fingerprint density at radius 2 is 1.41 bits per heavy atom. The summed E-state index contributed by atoms with van der Waals surface area (Å²) >= 11 is 0. The number of carbonyl (C=O) groups excluding carboxylic acids is 2. The van der Waals surface area contributed by atoms with Crippen LogP contribution in [0.1, 0.15) is 21.5 Å². The van der Waals surface area contributed by atoms with Crippen molar-refractivity contribution in [3.63, 3.8) is 0 Å². The normalized spacial score (nSPS) is 10.2. The third-order valence-corrected chi connectivity index (χ3v) is 4.77. The molecule has 0 atom stereocenters. The number of anilines is 2. The fourth-order valence-corrected chi connectivity index (χ4v) is 3.17. The number of rotatable bonds is 8. The molecule has 0 aromatic heterocycles. The first-order valence-electron chi connectivity index (χ1n) is 10.0. The molecule has 3 aromatic rings. The van der Waals surface area contributed by atoms with Crippen LogP contribution >= 0.6 is 0 Å². The highest BCUT2D eigenvalue weighted by molar-refractivity contribution is 6.05. The molecule has 0 aliphatic rings. The Bertz CT molecular complexity index is 1110. The minimum Gasteiger partial charge on any atom is -0.494 e. The minimum atomic E-state index is -0.355. The van der Waals surface area contributed by atoms with Crippen molar-refractivity contribution in [2.24, 2.45) is 0 Å². The summed E-state index contributed by atoms with van der Waals surface area (Å²) in [6.45, 7) is 3.76. The van der Waals surface area contributed by atoms with E-state index in [9.17, 15) is 9.59 Å². The molecule has 166 valence electrons. The Labute approximate surface area is 187 Å². The van der Waals surface area contributed by atoms with Crippen LogP contribution in [0.3, 0.4) is 0 Å². The van der Waals surface area contributed by atoms with Gasteiger partial charge in [-0.05, 0) is 37.6 Å². The molecule has 3 rings (SSSR count). The fraction of sp³-hybridized carbons (Fsp3) is 0.200. The lowest BCUT2D eigenvalue weighted by molar-refractivity contribution is -0.118. The van der Waals surface area contributed by atoms with Gasteiger partial charge in [0.1, 0.15) is 17.2 Å². The van der Waals surface area contributed by atoms with Gasteiger partial charge >= 0.3 is 0 Å². The van der Waals surface area contributed by atoms with Gasteiger partial charge in [0.25, 0.3) is 11.8 Å². The van der Waals surface area contributed by atoms with Gasteiger partial charge in [-0.15, -0.1) is 0 Å². The van der Waals surface area contributed by atoms with E-state index >= 15 is 0 Å². The smallest absolute Gasteiger partial charge is 0.262 e. The number of ether oxygens (including phenoxy) is 3. The Kier molecular flexibility index (Phi) is 7.33. The summed E-state index contributed by atoms with van der Waals surface area (Å²) in [5, 5.41) is 5.58. The van der Waals surface area contributed by atoms with Gasteiger partial charge in [0.15, 0.2) is 6.61 Å². The van der Waals surface area contributed by atoms with Gasteiger partial charge in [-0.1, -0.05) is 35.9 Å². The van der Waals surface area contributed by atoms with Gasteiger partial charge in [0.05, 0.1) is 25.6 Å². The monoisotopic (exact) mass is 434 g/mol. The molecule has 2 amide bonds. The Morgan fingerprint density at radius 1 is 0.781 bits per heavy atom. The molecule has 0 saturated carbocycles. The summed E-state index contributed by atoms with van der Waals surface area (Å²) in [6.07, 6.45) is 0. The van der Waals surface area contributed by atoms with E-state index in [1.54, 1.807) is 36.4 Å². The van der Waals surface area contributed by atoms with Crippen molar-refractivity contribution in [2.75, 3.05) is 31.5 Å². The highest BCUT2D eigenvalue weighted by Crippen LogP contribution is 2.36. The van der Waals surface area contributed by atoms with Crippen molar-refractivity contribution in [1.29, 1.82) is 0 Å².